The van der Waals surface area contributed by atoms with Crippen LogP contribution in [0.5, 0.6) is 5.75 Å². The lowest BCUT2D eigenvalue weighted by Crippen LogP contribution is -2.26. The Morgan fingerprint density at radius 2 is 1.95 bits per heavy atom. The van der Waals surface area contributed by atoms with E-state index >= 15 is 0 Å². The van der Waals surface area contributed by atoms with Gasteiger partial charge in [-0.3, -0.25) is 0 Å². The second-order valence-electron chi connectivity index (χ2n) is 3.32. The van der Waals surface area contributed by atoms with Gasteiger partial charge in [0.25, 0.3) is 6.43 Å². The molecular formula is C10H12F3N5O. The Balaban J connectivity index is 3.03. The van der Waals surface area contributed by atoms with Gasteiger partial charge in [-0.05, 0) is 12.1 Å². The van der Waals surface area contributed by atoms with Crippen LogP contribution >= 0.6 is 0 Å². The predicted molar refractivity (Wildman–Crippen MR) is 65.0 cm³/mol. The first-order valence-corrected chi connectivity index (χ1v) is 5.02. The molecule has 0 spiro atoms. The Kier molecular flexibility index (Phi) is 4.98. The molecule has 0 aliphatic rings. The first-order valence-electron chi connectivity index (χ1n) is 5.02. The van der Waals surface area contributed by atoms with Crippen molar-refractivity contribution >= 4 is 17.6 Å². The average molecular weight is 275 g/mol. The number of ether oxygens (including phenoxy) is 1. The molecule has 0 saturated carbocycles. The van der Waals surface area contributed by atoms with E-state index in [9.17, 15) is 13.2 Å². The van der Waals surface area contributed by atoms with Gasteiger partial charge in [-0.15, -0.1) is 0 Å². The fourth-order valence-corrected chi connectivity index (χ4v) is 1.13. The third-order valence-electron chi connectivity index (χ3n) is 1.76. The summed E-state index contributed by atoms with van der Waals surface area (Å²) in [6, 6.07) is 3.14. The number of rotatable bonds is 4. The lowest BCUT2D eigenvalue weighted by Gasteiger charge is -2.08. The van der Waals surface area contributed by atoms with Gasteiger partial charge < -0.3 is 21.9 Å². The summed E-state index contributed by atoms with van der Waals surface area (Å²) in [5, 5.41) is 0. The number of hydrogen-bond donors (Lipinski definition) is 3. The van der Waals surface area contributed by atoms with E-state index in [1.807, 2.05) is 0 Å². The monoisotopic (exact) mass is 275 g/mol. The Morgan fingerprint density at radius 3 is 2.53 bits per heavy atom. The molecule has 0 aliphatic carbocycles. The Labute approximate surface area is 106 Å². The van der Waals surface area contributed by atoms with Crippen LogP contribution in [0, 0.1) is 5.82 Å². The summed E-state index contributed by atoms with van der Waals surface area (Å²) < 4.78 is 41.9. The number of guanidine groups is 2. The summed E-state index contributed by atoms with van der Waals surface area (Å²) in [5.41, 5.74) is 15.4. The van der Waals surface area contributed by atoms with Gasteiger partial charge in [0.15, 0.2) is 5.96 Å². The van der Waals surface area contributed by atoms with Crippen LogP contribution < -0.4 is 21.9 Å². The van der Waals surface area contributed by atoms with Crippen LogP contribution in [0.15, 0.2) is 28.2 Å². The highest BCUT2D eigenvalue weighted by Gasteiger charge is 2.09. The molecule has 1 aromatic rings. The van der Waals surface area contributed by atoms with Gasteiger partial charge in [-0.25, -0.2) is 18.2 Å². The third-order valence-corrected chi connectivity index (χ3v) is 1.76. The van der Waals surface area contributed by atoms with Gasteiger partial charge in [0.05, 0.1) is 0 Å². The van der Waals surface area contributed by atoms with Gasteiger partial charge in [0.2, 0.25) is 5.96 Å². The molecule has 0 radical (unpaired) electrons. The van der Waals surface area contributed by atoms with E-state index in [2.05, 4.69) is 9.98 Å². The zero-order chi connectivity index (χ0) is 14.4. The number of alkyl halides is 2. The second kappa shape index (κ2) is 6.47. The van der Waals surface area contributed by atoms with Gasteiger partial charge in [0, 0.05) is 6.07 Å². The van der Waals surface area contributed by atoms with Crippen LogP contribution in [0.2, 0.25) is 0 Å². The molecule has 0 aliphatic heterocycles. The van der Waals surface area contributed by atoms with Crippen molar-refractivity contribution in [3.05, 3.63) is 24.0 Å². The number of nitrogens with two attached hydrogens (primary N) is 3. The smallest absolute Gasteiger partial charge is 0.272 e. The first kappa shape index (κ1) is 14.6. The van der Waals surface area contributed by atoms with Crippen LogP contribution in [0.25, 0.3) is 0 Å². The van der Waals surface area contributed by atoms with E-state index in [0.29, 0.717) is 0 Å². The molecule has 6 N–H and O–H groups in total. The number of benzene rings is 1. The highest BCUT2D eigenvalue weighted by Crippen LogP contribution is 2.28. The van der Waals surface area contributed by atoms with Crippen molar-refractivity contribution in [2.24, 2.45) is 27.2 Å². The van der Waals surface area contributed by atoms with Crippen molar-refractivity contribution in [1.82, 2.24) is 0 Å². The summed E-state index contributed by atoms with van der Waals surface area (Å²) in [5.74, 6) is -1.39. The molecule has 9 heteroatoms. The summed E-state index contributed by atoms with van der Waals surface area (Å²) in [4.78, 5) is 7.09. The summed E-state index contributed by atoms with van der Waals surface area (Å²) in [6.07, 6.45) is -2.67. The molecule has 19 heavy (non-hydrogen) atoms. The number of hydrogen-bond acceptors (Lipinski definition) is 2. The molecular weight excluding hydrogens is 263 g/mol. The fourth-order valence-electron chi connectivity index (χ4n) is 1.13. The van der Waals surface area contributed by atoms with E-state index < -0.39 is 18.8 Å². The molecule has 0 aromatic heterocycles. The fraction of sp³-hybridized carbons (Fsp3) is 0.200. The largest absolute Gasteiger partial charge is 0.485 e. The highest BCUT2D eigenvalue weighted by molar-refractivity contribution is 5.93. The summed E-state index contributed by atoms with van der Waals surface area (Å²) >= 11 is 0. The Bertz CT molecular complexity index is 500. The van der Waals surface area contributed by atoms with Crippen LogP contribution in [0.3, 0.4) is 0 Å². The van der Waals surface area contributed by atoms with Crippen molar-refractivity contribution in [2.45, 2.75) is 6.43 Å². The molecule has 0 heterocycles. The van der Waals surface area contributed by atoms with E-state index in [4.69, 9.17) is 21.9 Å². The molecule has 0 bridgehead atoms. The average Bonchev–Trinajstić information content (AvgIpc) is 2.26. The molecule has 0 unspecified atom stereocenters. The van der Waals surface area contributed by atoms with Crippen molar-refractivity contribution < 1.29 is 17.9 Å². The van der Waals surface area contributed by atoms with Gasteiger partial charge >= 0.3 is 0 Å². The maximum atomic E-state index is 13.1. The minimum absolute atomic E-state index is 0.0598. The van der Waals surface area contributed by atoms with E-state index in [0.717, 1.165) is 18.2 Å². The van der Waals surface area contributed by atoms with E-state index in [1.165, 1.54) is 0 Å². The lowest BCUT2D eigenvalue weighted by atomic mass is 10.3. The van der Waals surface area contributed by atoms with Crippen LogP contribution in [0.4, 0.5) is 18.9 Å². The van der Waals surface area contributed by atoms with Crippen LogP contribution in [0.1, 0.15) is 0 Å². The molecule has 1 aromatic carbocycles. The number of aliphatic imine (C=N–C) groups is 2. The summed E-state index contributed by atoms with van der Waals surface area (Å²) in [7, 11) is 0. The predicted octanol–water partition coefficient (Wildman–Crippen LogP) is 0.689. The normalized spacial score (nSPS) is 11.5. The number of halogens is 3. The Hall–Kier alpha value is -2.45. The second-order valence-corrected chi connectivity index (χ2v) is 3.32. The van der Waals surface area contributed by atoms with Gasteiger partial charge in [-0.2, -0.15) is 4.99 Å². The maximum absolute atomic E-state index is 13.1. The SMILES string of the molecule is NC(N)=NC(N)=Nc1cc(F)ccc1OCC(F)F. The van der Waals surface area contributed by atoms with E-state index in [-0.39, 0.29) is 23.4 Å². The van der Waals surface area contributed by atoms with Crippen molar-refractivity contribution in [1.29, 1.82) is 0 Å². The molecule has 0 fully saturated rings. The highest BCUT2D eigenvalue weighted by atomic mass is 19.3. The number of nitrogens with zero attached hydrogens (tertiary/aromatic N) is 2. The van der Waals surface area contributed by atoms with Gasteiger partial charge in [0.1, 0.15) is 23.9 Å². The van der Waals surface area contributed by atoms with Crippen molar-refractivity contribution in [2.75, 3.05) is 6.61 Å². The zero-order valence-corrected chi connectivity index (χ0v) is 9.69. The minimum Gasteiger partial charge on any atom is -0.485 e. The maximum Gasteiger partial charge on any atom is 0.272 e. The quantitative estimate of drug-likeness (QED) is 0.554. The molecule has 0 saturated heterocycles. The molecule has 0 amide bonds. The van der Waals surface area contributed by atoms with Crippen LogP contribution in [-0.4, -0.2) is 25.0 Å². The summed E-state index contributed by atoms with van der Waals surface area (Å²) in [6.45, 7) is -0.851. The van der Waals surface area contributed by atoms with E-state index in [1.54, 1.807) is 0 Å². The third kappa shape index (κ3) is 5.15. The Morgan fingerprint density at radius 1 is 1.26 bits per heavy atom. The minimum atomic E-state index is -2.67. The first-order chi connectivity index (χ1) is 8.88. The van der Waals surface area contributed by atoms with Crippen molar-refractivity contribution in [3.8, 4) is 5.75 Å². The zero-order valence-electron chi connectivity index (χ0n) is 9.69. The molecule has 104 valence electrons. The van der Waals surface area contributed by atoms with Crippen molar-refractivity contribution in [3.63, 3.8) is 0 Å². The van der Waals surface area contributed by atoms with Gasteiger partial charge in [-0.1, -0.05) is 0 Å². The molecule has 6 nitrogen and oxygen atoms in total. The molecule has 1 rings (SSSR count). The van der Waals surface area contributed by atoms with Crippen LogP contribution in [-0.2, 0) is 0 Å². The molecule has 0 atom stereocenters. The standard InChI is InChI=1S/C10H12F3N5O/c11-5-1-2-7(19-4-8(12)13)6(3-5)17-10(16)18-9(14)15/h1-3,8H,4H2,(H6,14,15,16,17,18). The topological polar surface area (TPSA) is 112 Å². The lowest BCUT2D eigenvalue weighted by molar-refractivity contribution is 0.0822.